The van der Waals surface area contributed by atoms with Crippen molar-refractivity contribution in [3.8, 4) is 0 Å². The SMILES string of the molecule is CCC1CCC(C2C(N)C2(C)C)CC1. The van der Waals surface area contributed by atoms with Crippen LogP contribution in [0.2, 0.25) is 0 Å². The average Bonchev–Trinajstić information content (AvgIpc) is 2.67. The molecule has 0 aliphatic heterocycles. The summed E-state index contributed by atoms with van der Waals surface area (Å²) in [6.07, 6.45) is 7.19. The lowest BCUT2D eigenvalue weighted by Crippen LogP contribution is -2.18. The van der Waals surface area contributed by atoms with Crippen LogP contribution in [0.1, 0.15) is 52.9 Å². The molecule has 2 fully saturated rings. The summed E-state index contributed by atoms with van der Waals surface area (Å²) >= 11 is 0. The maximum Gasteiger partial charge on any atom is 0.0130 e. The molecule has 0 saturated heterocycles. The van der Waals surface area contributed by atoms with E-state index in [1.807, 2.05) is 0 Å². The van der Waals surface area contributed by atoms with Crippen LogP contribution in [0.15, 0.2) is 0 Å². The molecule has 0 aromatic rings. The Kier molecular flexibility index (Phi) is 2.63. The van der Waals surface area contributed by atoms with Gasteiger partial charge in [-0.3, -0.25) is 0 Å². The number of hydrogen-bond donors (Lipinski definition) is 1. The third kappa shape index (κ3) is 1.60. The summed E-state index contributed by atoms with van der Waals surface area (Å²) < 4.78 is 0. The van der Waals surface area contributed by atoms with Crippen molar-refractivity contribution in [3.63, 3.8) is 0 Å². The Balaban J connectivity index is 1.85. The lowest BCUT2D eigenvalue weighted by molar-refractivity contribution is 0.229. The van der Waals surface area contributed by atoms with Gasteiger partial charge in [-0.15, -0.1) is 0 Å². The first kappa shape index (κ1) is 10.5. The third-order valence-corrected chi connectivity index (χ3v) is 4.97. The van der Waals surface area contributed by atoms with Crippen molar-refractivity contribution in [2.24, 2.45) is 28.9 Å². The van der Waals surface area contributed by atoms with Gasteiger partial charge in [0.15, 0.2) is 0 Å². The van der Waals surface area contributed by atoms with Crippen LogP contribution in [-0.2, 0) is 0 Å². The van der Waals surface area contributed by atoms with Gasteiger partial charge in [0.1, 0.15) is 0 Å². The highest BCUT2D eigenvalue weighted by molar-refractivity contribution is 5.11. The second-order valence-corrected chi connectivity index (χ2v) is 6.06. The van der Waals surface area contributed by atoms with Crippen LogP contribution in [0.25, 0.3) is 0 Å². The minimum absolute atomic E-state index is 0.448. The van der Waals surface area contributed by atoms with E-state index >= 15 is 0 Å². The van der Waals surface area contributed by atoms with Gasteiger partial charge in [0.05, 0.1) is 0 Å². The van der Waals surface area contributed by atoms with Gasteiger partial charge in [0.2, 0.25) is 0 Å². The molecule has 0 amide bonds. The molecule has 14 heavy (non-hydrogen) atoms. The van der Waals surface area contributed by atoms with E-state index in [1.54, 1.807) is 0 Å². The van der Waals surface area contributed by atoms with Crippen molar-refractivity contribution < 1.29 is 0 Å². The van der Waals surface area contributed by atoms with Gasteiger partial charge >= 0.3 is 0 Å². The number of rotatable bonds is 2. The summed E-state index contributed by atoms with van der Waals surface area (Å²) in [7, 11) is 0. The molecule has 2 saturated carbocycles. The first-order valence-electron chi connectivity index (χ1n) is 6.33. The van der Waals surface area contributed by atoms with Crippen molar-refractivity contribution in [2.45, 2.75) is 58.9 Å². The molecule has 0 heterocycles. The van der Waals surface area contributed by atoms with Crippen molar-refractivity contribution >= 4 is 0 Å². The zero-order chi connectivity index (χ0) is 10.3. The highest BCUT2D eigenvalue weighted by atomic mass is 14.8. The molecule has 82 valence electrons. The van der Waals surface area contributed by atoms with E-state index in [0.29, 0.717) is 11.5 Å². The van der Waals surface area contributed by atoms with Gasteiger partial charge < -0.3 is 5.73 Å². The van der Waals surface area contributed by atoms with E-state index in [2.05, 4.69) is 20.8 Å². The van der Waals surface area contributed by atoms with E-state index in [1.165, 1.54) is 32.1 Å². The zero-order valence-electron chi connectivity index (χ0n) is 9.92. The van der Waals surface area contributed by atoms with Crippen LogP contribution in [0.5, 0.6) is 0 Å². The molecular formula is C13H25N. The molecule has 0 aromatic carbocycles. The summed E-state index contributed by atoms with van der Waals surface area (Å²) in [6.45, 7) is 7.01. The lowest BCUT2D eigenvalue weighted by Gasteiger charge is -2.28. The summed E-state index contributed by atoms with van der Waals surface area (Å²) in [4.78, 5) is 0. The van der Waals surface area contributed by atoms with Gasteiger partial charge in [0, 0.05) is 6.04 Å². The predicted molar refractivity (Wildman–Crippen MR) is 61.0 cm³/mol. The second kappa shape index (κ2) is 3.52. The quantitative estimate of drug-likeness (QED) is 0.719. The fourth-order valence-corrected chi connectivity index (χ4v) is 3.57. The minimum atomic E-state index is 0.448. The van der Waals surface area contributed by atoms with E-state index in [4.69, 9.17) is 5.73 Å². The van der Waals surface area contributed by atoms with E-state index < -0.39 is 0 Å². The molecule has 2 rings (SSSR count). The molecule has 0 bridgehead atoms. The molecular weight excluding hydrogens is 170 g/mol. The number of nitrogens with two attached hydrogens (primary N) is 1. The predicted octanol–water partition coefficient (Wildman–Crippen LogP) is 3.19. The molecule has 1 nitrogen and oxygen atoms in total. The van der Waals surface area contributed by atoms with Gasteiger partial charge in [0.25, 0.3) is 0 Å². The van der Waals surface area contributed by atoms with Crippen molar-refractivity contribution in [1.29, 1.82) is 0 Å². The monoisotopic (exact) mass is 195 g/mol. The fraction of sp³-hybridized carbons (Fsp3) is 1.00. The normalized spacial score (nSPS) is 46.3. The summed E-state index contributed by atoms with van der Waals surface area (Å²) in [5, 5.41) is 0. The molecule has 1 heteroatoms. The van der Waals surface area contributed by atoms with Crippen LogP contribution in [-0.4, -0.2) is 6.04 Å². The molecule has 2 aliphatic carbocycles. The summed E-state index contributed by atoms with van der Waals surface area (Å²) in [6, 6.07) is 0.491. The Hall–Kier alpha value is -0.0400. The van der Waals surface area contributed by atoms with Crippen LogP contribution in [0.4, 0.5) is 0 Å². The van der Waals surface area contributed by atoms with Gasteiger partial charge in [-0.05, 0) is 36.0 Å². The van der Waals surface area contributed by atoms with E-state index in [-0.39, 0.29) is 0 Å². The second-order valence-electron chi connectivity index (χ2n) is 6.06. The fourth-order valence-electron chi connectivity index (χ4n) is 3.57. The van der Waals surface area contributed by atoms with Crippen LogP contribution >= 0.6 is 0 Å². The first-order chi connectivity index (χ1) is 6.57. The highest BCUT2D eigenvalue weighted by Gasteiger charge is 2.58. The van der Waals surface area contributed by atoms with Crippen LogP contribution < -0.4 is 5.73 Å². The Morgan fingerprint density at radius 3 is 2.00 bits per heavy atom. The zero-order valence-corrected chi connectivity index (χ0v) is 9.92. The lowest BCUT2D eigenvalue weighted by atomic mass is 9.77. The molecule has 0 aromatic heterocycles. The van der Waals surface area contributed by atoms with E-state index in [0.717, 1.165) is 17.8 Å². The van der Waals surface area contributed by atoms with Crippen molar-refractivity contribution in [3.05, 3.63) is 0 Å². The Bertz CT molecular complexity index is 201. The largest absolute Gasteiger partial charge is 0.327 e. The average molecular weight is 195 g/mol. The molecule has 2 atom stereocenters. The first-order valence-corrected chi connectivity index (χ1v) is 6.33. The molecule has 2 N–H and O–H groups in total. The highest BCUT2D eigenvalue weighted by Crippen LogP contribution is 2.57. The summed E-state index contributed by atoms with van der Waals surface area (Å²) in [5.41, 5.74) is 6.59. The smallest absolute Gasteiger partial charge is 0.0130 e. The Morgan fingerprint density at radius 2 is 1.64 bits per heavy atom. The minimum Gasteiger partial charge on any atom is -0.327 e. The van der Waals surface area contributed by atoms with Crippen molar-refractivity contribution in [2.75, 3.05) is 0 Å². The number of hydrogen-bond acceptors (Lipinski definition) is 1. The van der Waals surface area contributed by atoms with Gasteiger partial charge in [-0.1, -0.05) is 40.0 Å². The molecule has 0 radical (unpaired) electrons. The van der Waals surface area contributed by atoms with Gasteiger partial charge in [-0.2, -0.15) is 0 Å². The van der Waals surface area contributed by atoms with Crippen molar-refractivity contribution in [1.82, 2.24) is 0 Å². The standard InChI is InChI=1S/C13H25N/c1-4-9-5-7-10(8-6-9)11-12(14)13(11,2)3/h9-12H,4-8,14H2,1-3H3. The van der Waals surface area contributed by atoms with Crippen LogP contribution in [0.3, 0.4) is 0 Å². The van der Waals surface area contributed by atoms with E-state index in [9.17, 15) is 0 Å². The molecule has 0 spiro atoms. The maximum atomic E-state index is 6.14. The van der Waals surface area contributed by atoms with Crippen LogP contribution in [0, 0.1) is 23.2 Å². The topological polar surface area (TPSA) is 26.0 Å². The van der Waals surface area contributed by atoms with Gasteiger partial charge in [-0.25, -0.2) is 0 Å². The Morgan fingerprint density at radius 1 is 1.14 bits per heavy atom. The summed E-state index contributed by atoms with van der Waals surface area (Å²) in [5.74, 6) is 2.80. The molecule has 2 unspecified atom stereocenters. The third-order valence-electron chi connectivity index (χ3n) is 4.97. The molecule has 2 aliphatic rings. The maximum absolute atomic E-state index is 6.14. The Labute approximate surface area is 88.4 Å².